The lowest BCUT2D eigenvalue weighted by molar-refractivity contribution is 0.0940. The monoisotopic (exact) mass is 312 g/mol. The highest BCUT2D eigenvalue weighted by Gasteiger charge is 2.20. The van der Waals surface area contributed by atoms with Crippen LogP contribution in [0.5, 0.6) is 0 Å². The van der Waals surface area contributed by atoms with E-state index in [1.165, 1.54) is 13.2 Å². The van der Waals surface area contributed by atoms with E-state index >= 15 is 0 Å². The molecule has 2 rings (SSSR count). The van der Waals surface area contributed by atoms with Crippen LogP contribution in [0.15, 0.2) is 18.2 Å². The van der Waals surface area contributed by atoms with Crippen LogP contribution in [0.1, 0.15) is 15.4 Å². The summed E-state index contributed by atoms with van der Waals surface area (Å²) in [7, 11) is 1.53. The normalized spacial score (nSPS) is 10.7. The van der Waals surface area contributed by atoms with E-state index in [0.717, 1.165) is 23.5 Å². The van der Waals surface area contributed by atoms with Gasteiger partial charge in [-0.2, -0.15) is 0 Å². The fourth-order valence-electron chi connectivity index (χ4n) is 1.76. The first kappa shape index (κ1) is 15.5. The molecule has 21 heavy (non-hydrogen) atoms. The van der Waals surface area contributed by atoms with Crippen molar-refractivity contribution in [3.8, 4) is 10.6 Å². The number of nitrogens with zero attached hydrogens (tertiary/aromatic N) is 1. The Morgan fingerprint density at radius 1 is 1.38 bits per heavy atom. The number of amides is 1. The van der Waals surface area contributed by atoms with Gasteiger partial charge >= 0.3 is 0 Å². The number of halogens is 2. The summed E-state index contributed by atoms with van der Waals surface area (Å²) in [6.07, 6.45) is 0. The molecule has 0 fully saturated rings. The van der Waals surface area contributed by atoms with Gasteiger partial charge in [0.2, 0.25) is 0 Å². The molecule has 1 N–H and O–H groups in total. The van der Waals surface area contributed by atoms with Crippen LogP contribution in [0.25, 0.3) is 10.6 Å². The summed E-state index contributed by atoms with van der Waals surface area (Å²) in [5, 5.41) is 2.81. The van der Waals surface area contributed by atoms with Crippen LogP contribution in [0.4, 0.5) is 8.78 Å². The minimum atomic E-state index is -0.699. The first-order chi connectivity index (χ1) is 10.0. The summed E-state index contributed by atoms with van der Waals surface area (Å²) in [5.41, 5.74) is 0.231. The number of carbonyl (C=O) groups is 1. The second kappa shape index (κ2) is 6.73. The second-order valence-electron chi connectivity index (χ2n) is 4.28. The smallest absolute Gasteiger partial charge is 0.263 e. The Bertz CT molecular complexity index is 638. The first-order valence-corrected chi connectivity index (χ1v) is 7.05. The molecule has 7 heteroatoms. The van der Waals surface area contributed by atoms with Crippen LogP contribution >= 0.6 is 11.3 Å². The maximum absolute atomic E-state index is 13.7. The molecule has 0 saturated carbocycles. The molecule has 0 bridgehead atoms. The van der Waals surface area contributed by atoms with Gasteiger partial charge in [-0.25, -0.2) is 13.8 Å². The lowest BCUT2D eigenvalue weighted by atomic mass is 10.2. The fraction of sp³-hybridized carbons (Fsp3) is 0.286. The first-order valence-electron chi connectivity index (χ1n) is 6.23. The number of benzene rings is 1. The van der Waals surface area contributed by atoms with Crippen molar-refractivity contribution in [2.24, 2.45) is 0 Å². The second-order valence-corrected chi connectivity index (χ2v) is 5.28. The summed E-state index contributed by atoms with van der Waals surface area (Å²) in [4.78, 5) is 16.4. The molecule has 2 aromatic rings. The van der Waals surface area contributed by atoms with Crippen molar-refractivity contribution in [2.75, 3.05) is 20.3 Å². The average molecular weight is 312 g/mol. The molecule has 1 amide bonds. The molecule has 0 unspecified atom stereocenters. The molecule has 0 spiro atoms. The lowest BCUT2D eigenvalue weighted by Gasteiger charge is -2.02. The van der Waals surface area contributed by atoms with Gasteiger partial charge in [-0.05, 0) is 19.1 Å². The van der Waals surface area contributed by atoms with Gasteiger partial charge in [0.1, 0.15) is 21.5 Å². The molecule has 0 saturated heterocycles. The van der Waals surface area contributed by atoms with Gasteiger partial charge in [-0.3, -0.25) is 4.79 Å². The number of carbonyl (C=O) groups excluding carboxylic acids is 1. The maximum atomic E-state index is 13.7. The number of aromatic nitrogens is 1. The van der Waals surface area contributed by atoms with E-state index in [1.54, 1.807) is 6.92 Å². The summed E-state index contributed by atoms with van der Waals surface area (Å²) in [6, 6.07) is 3.61. The number of methoxy groups -OCH3 is 1. The van der Waals surface area contributed by atoms with Gasteiger partial charge in [0.15, 0.2) is 0 Å². The van der Waals surface area contributed by atoms with Crippen molar-refractivity contribution in [3.05, 3.63) is 40.4 Å². The standard InChI is InChI=1S/C14H14F2N2O2S/c1-8-12(13(19)17-6-7-20-2)21-14(18-8)11-9(15)4-3-5-10(11)16/h3-5H,6-7H2,1-2H3,(H,17,19). The van der Waals surface area contributed by atoms with E-state index in [-0.39, 0.29) is 16.5 Å². The van der Waals surface area contributed by atoms with Crippen LogP contribution in [0.2, 0.25) is 0 Å². The molecule has 1 aromatic carbocycles. The third-order valence-corrected chi connectivity index (χ3v) is 3.94. The van der Waals surface area contributed by atoms with Crippen molar-refractivity contribution >= 4 is 17.2 Å². The number of hydrogen-bond acceptors (Lipinski definition) is 4. The van der Waals surface area contributed by atoms with Crippen molar-refractivity contribution in [1.29, 1.82) is 0 Å². The average Bonchev–Trinajstić information content (AvgIpc) is 2.80. The van der Waals surface area contributed by atoms with Gasteiger partial charge in [0.05, 0.1) is 17.9 Å². The topological polar surface area (TPSA) is 51.2 Å². The summed E-state index contributed by atoms with van der Waals surface area (Å²) < 4.78 is 32.3. The predicted octanol–water partition coefficient (Wildman–Crippen LogP) is 2.77. The van der Waals surface area contributed by atoms with E-state index in [2.05, 4.69) is 10.3 Å². The van der Waals surface area contributed by atoms with Crippen LogP contribution in [-0.4, -0.2) is 31.2 Å². The summed E-state index contributed by atoms with van der Waals surface area (Å²) >= 11 is 0.963. The minimum absolute atomic E-state index is 0.153. The lowest BCUT2D eigenvalue weighted by Crippen LogP contribution is -2.26. The Kier molecular flexibility index (Phi) is 4.98. The highest BCUT2D eigenvalue weighted by atomic mass is 32.1. The number of nitrogens with one attached hydrogen (secondary N) is 1. The Balaban J connectivity index is 2.29. The summed E-state index contributed by atoms with van der Waals surface area (Å²) in [5.74, 6) is -1.73. The van der Waals surface area contributed by atoms with Crippen LogP contribution < -0.4 is 5.32 Å². The molecule has 1 aromatic heterocycles. The largest absolute Gasteiger partial charge is 0.383 e. The van der Waals surface area contributed by atoms with Crippen molar-refractivity contribution in [1.82, 2.24) is 10.3 Å². The Morgan fingerprint density at radius 2 is 2.05 bits per heavy atom. The van der Waals surface area contributed by atoms with Crippen molar-refractivity contribution in [2.45, 2.75) is 6.92 Å². The minimum Gasteiger partial charge on any atom is -0.383 e. The van der Waals surface area contributed by atoms with E-state index in [0.29, 0.717) is 23.7 Å². The molecular formula is C14H14F2N2O2S. The van der Waals surface area contributed by atoms with E-state index in [9.17, 15) is 13.6 Å². The Labute approximate surface area is 124 Å². The molecule has 0 radical (unpaired) electrons. The molecule has 0 aliphatic carbocycles. The summed E-state index contributed by atoms with van der Waals surface area (Å²) in [6.45, 7) is 2.37. The quantitative estimate of drug-likeness (QED) is 0.864. The number of rotatable bonds is 5. The number of ether oxygens (including phenoxy) is 1. The van der Waals surface area contributed by atoms with Crippen molar-refractivity contribution in [3.63, 3.8) is 0 Å². The zero-order valence-electron chi connectivity index (χ0n) is 11.6. The van der Waals surface area contributed by atoms with Gasteiger partial charge in [0, 0.05) is 13.7 Å². The number of hydrogen-bond donors (Lipinski definition) is 1. The Hall–Kier alpha value is -1.86. The highest BCUT2D eigenvalue weighted by molar-refractivity contribution is 7.17. The zero-order valence-corrected chi connectivity index (χ0v) is 12.4. The van der Waals surface area contributed by atoms with Gasteiger partial charge in [-0.15, -0.1) is 11.3 Å². The third kappa shape index (κ3) is 3.43. The van der Waals surface area contributed by atoms with Crippen molar-refractivity contribution < 1.29 is 18.3 Å². The fourth-order valence-corrected chi connectivity index (χ4v) is 2.79. The van der Waals surface area contributed by atoms with E-state index in [1.807, 2.05) is 0 Å². The van der Waals surface area contributed by atoms with Gasteiger partial charge in [0.25, 0.3) is 5.91 Å². The van der Waals surface area contributed by atoms with Crippen LogP contribution in [0, 0.1) is 18.6 Å². The maximum Gasteiger partial charge on any atom is 0.263 e. The van der Waals surface area contributed by atoms with Gasteiger partial charge < -0.3 is 10.1 Å². The molecule has 1 heterocycles. The predicted molar refractivity (Wildman–Crippen MR) is 76.4 cm³/mol. The zero-order chi connectivity index (χ0) is 15.4. The van der Waals surface area contributed by atoms with E-state index < -0.39 is 11.6 Å². The van der Waals surface area contributed by atoms with Gasteiger partial charge in [-0.1, -0.05) is 6.07 Å². The molecule has 0 atom stereocenters. The third-order valence-electron chi connectivity index (χ3n) is 2.77. The molecule has 112 valence electrons. The van der Waals surface area contributed by atoms with Crippen LogP contribution in [0.3, 0.4) is 0 Å². The molecule has 0 aliphatic heterocycles. The molecular weight excluding hydrogens is 298 g/mol. The Morgan fingerprint density at radius 3 is 2.67 bits per heavy atom. The van der Waals surface area contributed by atoms with E-state index in [4.69, 9.17) is 4.74 Å². The number of aryl methyl sites for hydroxylation is 1. The highest BCUT2D eigenvalue weighted by Crippen LogP contribution is 2.31. The molecule has 4 nitrogen and oxygen atoms in total. The number of thiazole rings is 1. The van der Waals surface area contributed by atoms with Crippen LogP contribution in [-0.2, 0) is 4.74 Å². The molecule has 0 aliphatic rings. The SMILES string of the molecule is COCCNC(=O)c1sc(-c2c(F)cccc2F)nc1C.